The molecule has 3 heteroatoms. The van der Waals surface area contributed by atoms with Crippen LogP contribution in [0.25, 0.3) is 0 Å². The molecule has 0 aliphatic rings. The Bertz CT molecular complexity index is 372. The van der Waals surface area contributed by atoms with Crippen molar-refractivity contribution < 1.29 is 4.79 Å². The summed E-state index contributed by atoms with van der Waals surface area (Å²) >= 11 is 0. The molecule has 3 nitrogen and oxygen atoms in total. The average Bonchev–Trinajstić information content (AvgIpc) is 2.64. The van der Waals surface area contributed by atoms with Gasteiger partial charge in [-0.2, -0.15) is 5.10 Å². The summed E-state index contributed by atoms with van der Waals surface area (Å²) in [7, 11) is 0. The maximum Gasteiger partial charge on any atom is 0.138 e. The lowest BCUT2D eigenvalue weighted by molar-refractivity contribution is -0.126. The molecule has 0 radical (unpaired) electrons. The van der Waals surface area contributed by atoms with Crippen LogP contribution in [0.4, 0.5) is 0 Å². The Morgan fingerprint density at radius 3 is 2.53 bits per heavy atom. The standard InChI is InChI=1S/C14H24N2O/c1-11(2)16-10-9-12(15-16)7-6-8-13(17)14(3,4)5/h9-11H,6-8H2,1-5H3. The minimum absolute atomic E-state index is 0.211. The monoisotopic (exact) mass is 236 g/mol. The Morgan fingerprint density at radius 1 is 1.41 bits per heavy atom. The molecular formula is C14H24N2O. The van der Waals surface area contributed by atoms with Gasteiger partial charge in [0.25, 0.3) is 0 Å². The van der Waals surface area contributed by atoms with Crippen molar-refractivity contribution in [3.8, 4) is 0 Å². The van der Waals surface area contributed by atoms with E-state index in [1.54, 1.807) is 0 Å². The highest BCUT2D eigenvalue weighted by Crippen LogP contribution is 2.18. The van der Waals surface area contributed by atoms with Crippen molar-refractivity contribution in [1.29, 1.82) is 0 Å². The topological polar surface area (TPSA) is 34.9 Å². The van der Waals surface area contributed by atoms with Gasteiger partial charge in [0.1, 0.15) is 5.78 Å². The maximum atomic E-state index is 11.7. The van der Waals surface area contributed by atoms with Gasteiger partial charge in [-0.3, -0.25) is 9.48 Å². The van der Waals surface area contributed by atoms with Crippen LogP contribution in [0.1, 0.15) is 59.2 Å². The van der Waals surface area contributed by atoms with Gasteiger partial charge in [0.15, 0.2) is 0 Å². The van der Waals surface area contributed by atoms with Crippen molar-refractivity contribution in [2.24, 2.45) is 5.41 Å². The second kappa shape index (κ2) is 5.48. The molecule has 1 heterocycles. The molecule has 0 saturated carbocycles. The third-order valence-corrected chi connectivity index (χ3v) is 2.87. The summed E-state index contributed by atoms with van der Waals surface area (Å²) in [5.41, 5.74) is 0.873. The van der Waals surface area contributed by atoms with Crippen molar-refractivity contribution in [2.45, 2.75) is 59.9 Å². The first-order valence-corrected chi connectivity index (χ1v) is 6.38. The van der Waals surface area contributed by atoms with Crippen molar-refractivity contribution >= 4 is 5.78 Å². The van der Waals surface area contributed by atoms with Crippen LogP contribution in [-0.2, 0) is 11.2 Å². The summed E-state index contributed by atoms with van der Waals surface area (Å²) in [6.45, 7) is 10.1. The summed E-state index contributed by atoms with van der Waals surface area (Å²) in [6.07, 6.45) is 4.44. The lowest BCUT2D eigenvalue weighted by Crippen LogP contribution is -2.19. The Labute approximate surface area is 104 Å². The number of rotatable bonds is 5. The molecule has 1 aromatic rings. The Kier molecular flexibility index (Phi) is 4.49. The van der Waals surface area contributed by atoms with Gasteiger partial charge in [0.05, 0.1) is 5.69 Å². The molecule has 0 aliphatic heterocycles. The molecular weight excluding hydrogens is 212 g/mol. The summed E-state index contributed by atoms with van der Waals surface area (Å²) in [5.74, 6) is 0.334. The second-order valence-electron chi connectivity index (χ2n) is 5.91. The third kappa shape index (κ3) is 4.33. The zero-order valence-corrected chi connectivity index (χ0v) is 11.7. The van der Waals surface area contributed by atoms with Crippen LogP contribution in [0.5, 0.6) is 0 Å². The fraction of sp³-hybridized carbons (Fsp3) is 0.714. The fourth-order valence-electron chi connectivity index (χ4n) is 1.60. The van der Waals surface area contributed by atoms with Gasteiger partial charge < -0.3 is 0 Å². The quantitative estimate of drug-likeness (QED) is 0.785. The number of aryl methyl sites for hydroxylation is 1. The normalized spacial score (nSPS) is 12.1. The van der Waals surface area contributed by atoms with E-state index in [0.29, 0.717) is 18.2 Å². The molecule has 0 bridgehead atoms. The number of carbonyl (C=O) groups is 1. The number of ketones is 1. The van der Waals surface area contributed by atoms with E-state index in [9.17, 15) is 4.79 Å². The van der Waals surface area contributed by atoms with Crippen LogP contribution in [0, 0.1) is 5.41 Å². The predicted molar refractivity (Wildman–Crippen MR) is 70.0 cm³/mol. The van der Waals surface area contributed by atoms with Crippen molar-refractivity contribution in [3.05, 3.63) is 18.0 Å². The van der Waals surface area contributed by atoms with Crippen molar-refractivity contribution in [2.75, 3.05) is 0 Å². The minimum Gasteiger partial charge on any atom is -0.299 e. The predicted octanol–water partition coefficient (Wildman–Crippen LogP) is 3.40. The van der Waals surface area contributed by atoms with Crippen LogP contribution in [0.2, 0.25) is 0 Å². The number of hydrogen-bond donors (Lipinski definition) is 0. The molecule has 0 spiro atoms. The number of aromatic nitrogens is 2. The van der Waals surface area contributed by atoms with Crippen LogP contribution in [0.15, 0.2) is 12.3 Å². The van der Waals surface area contributed by atoms with Crippen LogP contribution < -0.4 is 0 Å². The molecule has 1 aromatic heterocycles. The number of carbonyl (C=O) groups excluding carboxylic acids is 1. The van der Waals surface area contributed by atoms with E-state index in [1.807, 2.05) is 37.7 Å². The molecule has 0 atom stereocenters. The fourth-order valence-corrected chi connectivity index (χ4v) is 1.60. The lowest BCUT2D eigenvalue weighted by atomic mass is 9.88. The Hall–Kier alpha value is -1.12. The SMILES string of the molecule is CC(C)n1ccc(CCCC(=O)C(C)(C)C)n1. The first-order chi connectivity index (χ1) is 7.80. The van der Waals surface area contributed by atoms with Gasteiger partial charge >= 0.3 is 0 Å². The summed E-state index contributed by atoms with van der Waals surface area (Å²) < 4.78 is 1.96. The zero-order valence-electron chi connectivity index (χ0n) is 11.7. The second-order valence-corrected chi connectivity index (χ2v) is 5.91. The van der Waals surface area contributed by atoms with Gasteiger partial charge in [-0.1, -0.05) is 20.8 Å². The number of nitrogens with zero attached hydrogens (tertiary/aromatic N) is 2. The van der Waals surface area contributed by atoms with E-state index in [1.165, 1.54) is 0 Å². The van der Waals surface area contributed by atoms with E-state index >= 15 is 0 Å². The minimum atomic E-state index is -0.211. The Morgan fingerprint density at radius 2 is 2.06 bits per heavy atom. The molecule has 0 aliphatic carbocycles. The van der Waals surface area contributed by atoms with Crippen LogP contribution >= 0.6 is 0 Å². The van der Waals surface area contributed by atoms with E-state index in [4.69, 9.17) is 0 Å². The number of hydrogen-bond acceptors (Lipinski definition) is 2. The van der Waals surface area contributed by atoms with Gasteiger partial charge in [-0.15, -0.1) is 0 Å². The third-order valence-electron chi connectivity index (χ3n) is 2.87. The molecule has 0 fully saturated rings. The number of Topliss-reactive ketones (excluding diaryl/α,β-unsaturated/α-hetero) is 1. The zero-order chi connectivity index (χ0) is 13.1. The van der Waals surface area contributed by atoms with Gasteiger partial charge in [-0.25, -0.2) is 0 Å². The van der Waals surface area contributed by atoms with Crippen LogP contribution in [-0.4, -0.2) is 15.6 Å². The lowest BCUT2D eigenvalue weighted by Gasteiger charge is -2.15. The summed E-state index contributed by atoms with van der Waals surface area (Å²) in [6, 6.07) is 2.45. The molecule has 96 valence electrons. The van der Waals surface area contributed by atoms with Crippen molar-refractivity contribution in [1.82, 2.24) is 9.78 Å². The van der Waals surface area contributed by atoms with E-state index in [0.717, 1.165) is 18.5 Å². The largest absolute Gasteiger partial charge is 0.299 e. The molecule has 0 N–H and O–H groups in total. The van der Waals surface area contributed by atoms with Gasteiger partial charge in [0.2, 0.25) is 0 Å². The summed E-state index contributed by atoms with van der Waals surface area (Å²) in [4.78, 5) is 11.7. The molecule has 0 amide bonds. The smallest absolute Gasteiger partial charge is 0.138 e. The maximum absolute atomic E-state index is 11.7. The van der Waals surface area contributed by atoms with E-state index < -0.39 is 0 Å². The molecule has 1 rings (SSSR count). The highest BCUT2D eigenvalue weighted by atomic mass is 16.1. The first-order valence-electron chi connectivity index (χ1n) is 6.38. The highest BCUT2D eigenvalue weighted by Gasteiger charge is 2.20. The Balaban J connectivity index is 2.38. The van der Waals surface area contributed by atoms with E-state index in [-0.39, 0.29) is 5.41 Å². The molecule has 17 heavy (non-hydrogen) atoms. The van der Waals surface area contributed by atoms with Gasteiger partial charge in [-0.05, 0) is 32.8 Å². The van der Waals surface area contributed by atoms with Crippen LogP contribution in [0.3, 0.4) is 0 Å². The molecule has 0 saturated heterocycles. The molecule has 0 aromatic carbocycles. The molecule has 0 unspecified atom stereocenters. The van der Waals surface area contributed by atoms with Crippen molar-refractivity contribution in [3.63, 3.8) is 0 Å². The van der Waals surface area contributed by atoms with E-state index in [2.05, 4.69) is 18.9 Å². The van der Waals surface area contributed by atoms with Gasteiger partial charge in [0, 0.05) is 24.1 Å². The average molecular weight is 236 g/mol. The summed E-state index contributed by atoms with van der Waals surface area (Å²) in [5, 5.41) is 4.47. The highest BCUT2D eigenvalue weighted by molar-refractivity contribution is 5.83. The first kappa shape index (κ1) is 13.9.